The Morgan fingerprint density at radius 3 is 2.86 bits per heavy atom. The van der Waals surface area contributed by atoms with Gasteiger partial charge in [-0.05, 0) is 6.92 Å². The number of hydrogen-bond donors (Lipinski definition) is 1. The highest BCUT2D eigenvalue weighted by atomic mass is 15.3. The largest absolute Gasteiger partial charge is 0.325 e. The molecule has 0 aliphatic heterocycles. The zero-order valence-electron chi connectivity index (χ0n) is 8.31. The molecule has 0 saturated carbocycles. The molecule has 14 heavy (non-hydrogen) atoms. The van der Waals surface area contributed by atoms with Crippen LogP contribution in [0.15, 0.2) is 18.7 Å². The molecule has 0 unspecified atom stereocenters. The number of hydrogen-bond acceptors (Lipinski definition) is 3. The fourth-order valence-corrected chi connectivity index (χ4v) is 1.51. The molecule has 5 heteroatoms. The molecule has 0 saturated heterocycles. The number of aryl methyl sites for hydroxylation is 2. The molecule has 0 spiro atoms. The molecule has 0 aliphatic rings. The smallest absolute Gasteiger partial charge is 0.0995 e. The highest BCUT2D eigenvalue weighted by Gasteiger charge is 2.08. The van der Waals surface area contributed by atoms with Crippen LogP contribution in [0.2, 0.25) is 0 Å². The summed E-state index contributed by atoms with van der Waals surface area (Å²) in [6.45, 7) is 2.45. The number of rotatable bonds is 2. The van der Waals surface area contributed by atoms with E-state index in [0.717, 1.165) is 17.1 Å². The van der Waals surface area contributed by atoms with E-state index in [-0.39, 0.29) is 0 Å². The van der Waals surface area contributed by atoms with Crippen molar-refractivity contribution >= 4 is 0 Å². The van der Waals surface area contributed by atoms with Crippen molar-refractivity contribution in [3.63, 3.8) is 0 Å². The van der Waals surface area contributed by atoms with Gasteiger partial charge in [-0.2, -0.15) is 5.10 Å². The highest BCUT2D eigenvalue weighted by molar-refractivity contribution is 5.35. The van der Waals surface area contributed by atoms with Crippen molar-refractivity contribution < 1.29 is 0 Å². The van der Waals surface area contributed by atoms with Crippen LogP contribution >= 0.6 is 0 Å². The molecular weight excluding hydrogens is 178 g/mol. The molecule has 0 bridgehead atoms. The lowest BCUT2D eigenvalue weighted by atomic mass is 10.3. The first kappa shape index (κ1) is 8.96. The van der Waals surface area contributed by atoms with Gasteiger partial charge in [0.15, 0.2) is 0 Å². The van der Waals surface area contributed by atoms with Crippen LogP contribution in [0, 0.1) is 6.92 Å². The molecule has 0 aromatic carbocycles. The molecule has 0 aliphatic carbocycles. The van der Waals surface area contributed by atoms with Crippen LogP contribution < -0.4 is 5.73 Å². The zero-order valence-corrected chi connectivity index (χ0v) is 8.31. The van der Waals surface area contributed by atoms with Crippen molar-refractivity contribution in [1.82, 2.24) is 19.3 Å². The Morgan fingerprint density at radius 1 is 1.50 bits per heavy atom. The van der Waals surface area contributed by atoms with Crippen molar-refractivity contribution in [2.75, 3.05) is 0 Å². The summed E-state index contributed by atoms with van der Waals surface area (Å²) in [4.78, 5) is 4.07. The van der Waals surface area contributed by atoms with Crippen LogP contribution in [0.25, 0.3) is 5.69 Å². The normalized spacial score (nSPS) is 10.8. The lowest BCUT2D eigenvalue weighted by molar-refractivity contribution is 0.756. The van der Waals surface area contributed by atoms with E-state index in [1.807, 2.05) is 24.7 Å². The maximum absolute atomic E-state index is 5.60. The van der Waals surface area contributed by atoms with Gasteiger partial charge in [0.25, 0.3) is 0 Å². The van der Waals surface area contributed by atoms with Crippen molar-refractivity contribution in [3.8, 4) is 5.69 Å². The Kier molecular flexibility index (Phi) is 2.09. The van der Waals surface area contributed by atoms with Crippen LogP contribution in [0.4, 0.5) is 0 Å². The third-order valence-electron chi connectivity index (χ3n) is 2.17. The molecule has 74 valence electrons. The van der Waals surface area contributed by atoms with E-state index in [4.69, 9.17) is 5.73 Å². The Hall–Kier alpha value is -1.62. The first-order valence-electron chi connectivity index (χ1n) is 4.44. The summed E-state index contributed by atoms with van der Waals surface area (Å²) in [7, 11) is 1.90. The second kappa shape index (κ2) is 3.26. The van der Waals surface area contributed by atoms with E-state index >= 15 is 0 Å². The molecular formula is C9H13N5. The molecule has 0 amide bonds. The van der Waals surface area contributed by atoms with E-state index in [0.29, 0.717) is 6.54 Å². The van der Waals surface area contributed by atoms with Gasteiger partial charge in [-0.25, -0.2) is 4.98 Å². The van der Waals surface area contributed by atoms with E-state index in [1.54, 1.807) is 17.2 Å². The summed E-state index contributed by atoms with van der Waals surface area (Å²) < 4.78 is 3.74. The van der Waals surface area contributed by atoms with E-state index < -0.39 is 0 Å². The highest BCUT2D eigenvalue weighted by Crippen LogP contribution is 2.13. The topological polar surface area (TPSA) is 61.7 Å². The Balaban J connectivity index is 2.53. The summed E-state index contributed by atoms with van der Waals surface area (Å²) >= 11 is 0. The summed E-state index contributed by atoms with van der Waals surface area (Å²) in [5.74, 6) is 0. The molecule has 0 fully saturated rings. The second-order valence-electron chi connectivity index (χ2n) is 3.23. The molecule has 2 aromatic rings. The molecule has 2 aromatic heterocycles. The minimum atomic E-state index is 0.480. The van der Waals surface area contributed by atoms with Gasteiger partial charge >= 0.3 is 0 Å². The van der Waals surface area contributed by atoms with Crippen LogP contribution in [0.1, 0.15) is 11.4 Å². The number of imidazole rings is 1. The minimum absolute atomic E-state index is 0.480. The molecule has 2 rings (SSSR count). The molecule has 5 nitrogen and oxygen atoms in total. The summed E-state index contributed by atoms with van der Waals surface area (Å²) in [5, 5.41) is 4.27. The van der Waals surface area contributed by atoms with Crippen molar-refractivity contribution in [1.29, 1.82) is 0 Å². The standard InChI is InChI=1S/C9H13N5/c1-7-9(5-13(2)12-7)14-6-11-4-8(14)3-10/h4-6H,3,10H2,1-2H3. The summed E-state index contributed by atoms with van der Waals surface area (Å²) in [5.41, 5.74) is 8.59. The van der Waals surface area contributed by atoms with Crippen molar-refractivity contribution in [2.45, 2.75) is 13.5 Å². The number of nitrogens with zero attached hydrogens (tertiary/aromatic N) is 4. The first-order valence-corrected chi connectivity index (χ1v) is 4.44. The van der Waals surface area contributed by atoms with Gasteiger partial charge < -0.3 is 5.73 Å². The fourth-order valence-electron chi connectivity index (χ4n) is 1.51. The van der Waals surface area contributed by atoms with Gasteiger partial charge in [-0.1, -0.05) is 0 Å². The predicted molar refractivity (Wildman–Crippen MR) is 53.0 cm³/mol. The van der Waals surface area contributed by atoms with Gasteiger partial charge in [0.05, 0.1) is 23.4 Å². The lowest BCUT2D eigenvalue weighted by Crippen LogP contribution is -2.04. The fraction of sp³-hybridized carbons (Fsp3) is 0.333. The molecule has 2 N–H and O–H groups in total. The summed E-state index contributed by atoms with van der Waals surface area (Å²) in [6.07, 6.45) is 5.48. The molecule has 0 radical (unpaired) electrons. The number of nitrogens with two attached hydrogens (primary N) is 1. The van der Waals surface area contributed by atoms with Crippen LogP contribution in [0.3, 0.4) is 0 Å². The van der Waals surface area contributed by atoms with Crippen LogP contribution in [-0.2, 0) is 13.6 Å². The average molecular weight is 191 g/mol. The van der Waals surface area contributed by atoms with Crippen molar-refractivity contribution in [3.05, 3.63) is 30.1 Å². The SMILES string of the molecule is Cc1nn(C)cc1-n1cncc1CN. The average Bonchev–Trinajstić information content (AvgIpc) is 2.71. The molecule has 0 atom stereocenters. The third-order valence-corrected chi connectivity index (χ3v) is 2.17. The summed E-state index contributed by atoms with van der Waals surface area (Å²) in [6, 6.07) is 0. The van der Waals surface area contributed by atoms with E-state index in [9.17, 15) is 0 Å². The maximum Gasteiger partial charge on any atom is 0.0995 e. The first-order chi connectivity index (χ1) is 6.72. The predicted octanol–water partition coefficient (Wildman–Crippen LogP) is 0.373. The van der Waals surface area contributed by atoms with Crippen molar-refractivity contribution in [2.24, 2.45) is 12.8 Å². The quantitative estimate of drug-likeness (QED) is 0.746. The Morgan fingerprint density at radius 2 is 2.29 bits per heavy atom. The van der Waals surface area contributed by atoms with E-state index in [2.05, 4.69) is 10.1 Å². The molecule has 2 heterocycles. The van der Waals surface area contributed by atoms with Gasteiger partial charge in [0, 0.05) is 26.0 Å². The minimum Gasteiger partial charge on any atom is -0.325 e. The van der Waals surface area contributed by atoms with E-state index in [1.165, 1.54) is 0 Å². The van der Waals surface area contributed by atoms with Gasteiger partial charge in [-0.3, -0.25) is 9.25 Å². The second-order valence-corrected chi connectivity index (χ2v) is 3.23. The maximum atomic E-state index is 5.60. The van der Waals surface area contributed by atoms with Gasteiger partial charge in [0.1, 0.15) is 0 Å². The van der Waals surface area contributed by atoms with Crippen LogP contribution in [-0.4, -0.2) is 19.3 Å². The monoisotopic (exact) mass is 191 g/mol. The lowest BCUT2D eigenvalue weighted by Gasteiger charge is -2.03. The number of aromatic nitrogens is 4. The zero-order chi connectivity index (χ0) is 10.1. The van der Waals surface area contributed by atoms with Gasteiger partial charge in [0.2, 0.25) is 0 Å². The van der Waals surface area contributed by atoms with Crippen LogP contribution in [0.5, 0.6) is 0 Å². The van der Waals surface area contributed by atoms with Gasteiger partial charge in [-0.15, -0.1) is 0 Å². The Bertz CT molecular complexity index is 440. The third kappa shape index (κ3) is 1.31. The Labute approximate surface area is 82.2 Å².